The van der Waals surface area contributed by atoms with E-state index in [0.717, 1.165) is 4.90 Å². The van der Waals surface area contributed by atoms with E-state index < -0.39 is 30.2 Å². The monoisotopic (exact) mass is 278 g/mol. The van der Waals surface area contributed by atoms with Gasteiger partial charge in [-0.1, -0.05) is 11.3 Å². The Kier molecular flexibility index (Phi) is 3.90. The third-order valence-electron chi connectivity index (χ3n) is 1.83. The molecule has 0 saturated carbocycles. The van der Waals surface area contributed by atoms with E-state index in [4.69, 9.17) is 0 Å². The molecule has 0 aromatic carbocycles. The van der Waals surface area contributed by atoms with Crippen LogP contribution in [0.3, 0.4) is 0 Å². The van der Waals surface area contributed by atoms with Crippen LogP contribution in [0.5, 0.6) is 0 Å². The second-order valence-corrected chi connectivity index (χ2v) is 4.30. The highest BCUT2D eigenvalue weighted by atomic mass is 32.1. The number of alkyl halides is 6. The lowest BCUT2D eigenvalue weighted by atomic mass is 10.4. The summed E-state index contributed by atoms with van der Waals surface area (Å²) in [4.78, 5) is 3.56. The van der Waals surface area contributed by atoms with Gasteiger partial charge < -0.3 is 4.90 Å². The van der Waals surface area contributed by atoms with Crippen LogP contribution in [0.4, 0.5) is 31.5 Å². The summed E-state index contributed by atoms with van der Waals surface area (Å²) in [5, 5.41) is -0.0819. The molecule has 0 aliphatic heterocycles. The van der Waals surface area contributed by atoms with Crippen LogP contribution in [0.25, 0.3) is 0 Å². The van der Waals surface area contributed by atoms with Crippen molar-refractivity contribution in [1.29, 1.82) is 0 Å². The fourth-order valence-electron chi connectivity index (χ4n) is 0.963. The van der Waals surface area contributed by atoms with E-state index in [-0.39, 0.29) is 5.13 Å². The van der Waals surface area contributed by atoms with Crippen molar-refractivity contribution in [3.63, 3.8) is 0 Å². The van der Waals surface area contributed by atoms with Crippen LogP contribution < -0.4 is 4.90 Å². The van der Waals surface area contributed by atoms with Crippen molar-refractivity contribution in [2.24, 2.45) is 0 Å². The zero-order chi connectivity index (χ0) is 13.3. The molecule has 0 spiro atoms. The van der Waals surface area contributed by atoms with Gasteiger partial charge in [0.15, 0.2) is 5.13 Å². The van der Waals surface area contributed by atoms with Gasteiger partial charge in [-0.25, -0.2) is 4.98 Å². The topological polar surface area (TPSA) is 16.1 Å². The summed E-state index contributed by atoms with van der Waals surface area (Å²) in [6.07, 6.45) is -9.33. The first-order valence-electron chi connectivity index (χ1n) is 4.40. The molecule has 17 heavy (non-hydrogen) atoms. The maximum atomic E-state index is 12.2. The first-order chi connectivity index (χ1) is 7.59. The molecule has 0 N–H and O–H groups in total. The van der Waals surface area contributed by atoms with E-state index in [1.165, 1.54) is 7.05 Å². The van der Waals surface area contributed by atoms with Gasteiger partial charge in [0, 0.05) is 13.6 Å². The molecular weight excluding hydrogens is 270 g/mol. The molecule has 0 fully saturated rings. The Bertz CT molecular complexity index is 369. The molecule has 0 amide bonds. The Morgan fingerprint density at radius 2 is 1.82 bits per heavy atom. The van der Waals surface area contributed by atoms with Crippen molar-refractivity contribution in [2.45, 2.75) is 18.8 Å². The largest absolute Gasteiger partial charge is 0.427 e. The van der Waals surface area contributed by atoms with Crippen molar-refractivity contribution in [2.75, 3.05) is 18.5 Å². The average Bonchev–Trinajstić information content (AvgIpc) is 2.60. The maximum absolute atomic E-state index is 12.2. The molecule has 9 heteroatoms. The van der Waals surface area contributed by atoms with Gasteiger partial charge in [0.1, 0.15) is 4.88 Å². The van der Waals surface area contributed by atoms with Crippen molar-refractivity contribution in [3.8, 4) is 0 Å². The van der Waals surface area contributed by atoms with Gasteiger partial charge in [0.25, 0.3) is 0 Å². The normalized spacial score (nSPS) is 12.9. The van der Waals surface area contributed by atoms with Crippen LogP contribution in [0.15, 0.2) is 6.20 Å². The van der Waals surface area contributed by atoms with Gasteiger partial charge in [0.2, 0.25) is 0 Å². The van der Waals surface area contributed by atoms with E-state index in [2.05, 4.69) is 4.98 Å². The summed E-state index contributed by atoms with van der Waals surface area (Å²) in [6.45, 7) is -0.422. The molecule has 0 atom stereocenters. The SMILES string of the molecule is CN(CCC(F)(F)F)c1ncc(C(F)(F)F)s1. The third-order valence-corrected chi connectivity index (χ3v) is 2.99. The number of anilines is 1. The van der Waals surface area contributed by atoms with Gasteiger partial charge in [0.05, 0.1) is 12.6 Å². The minimum absolute atomic E-state index is 0.0819. The number of rotatable bonds is 3. The molecule has 2 nitrogen and oxygen atoms in total. The van der Waals surface area contributed by atoms with E-state index >= 15 is 0 Å². The molecular formula is C8H8F6N2S. The van der Waals surface area contributed by atoms with Gasteiger partial charge in [-0.15, -0.1) is 0 Å². The summed E-state index contributed by atoms with van der Waals surface area (Å²) in [5.41, 5.74) is 0. The van der Waals surface area contributed by atoms with E-state index in [0.29, 0.717) is 17.5 Å². The zero-order valence-electron chi connectivity index (χ0n) is 8.56. The van der Waals surface area contributed by atoms with Crippen molar-refractivity contribution in [3.05, 3.63) is 11.1 Å². The molecule has 1 rings (SSSR count). The number of halogens is 6. The number of hydrogen-bond acceptors (Lipinski definition) is 3. The van der Waals surface area contributed by atoms with Gasteiger partial charge in [-0.2, -0.15) is 26.3 Å². The first kappa shape index (κ1) is 14.1. The van der Waals surface area contributed by atoms with Crippen molar-refractivity contribution in [1.82, 2.24) is 4.98 Å². The van der Waals surface area contributed by atoms with Crippen LogP contribution in [0, 0.1) is 0 Å². The molecule has 0 aliphatic rings. The highest BCUT2D eigenvalue weighted by Gasteiger charge is 2.34. The standard InChI is InChI=1S/C8H8F6N2S/c1-16(3-2-7(9,10)11)6-15-4-5(17-6)8(12,13)14/h4H,2-3H2,1H3. The van der Waals surface area contributed by atoms with Crippen molar-refractivity contribution >= 4 is 16.5 Å². The second-order valence-electron chi connectivity index (χ2n) is 3.29. The number of nitrogens with zero attached hydrogens (tertiary/aromatic N) is 2. The van der Waals surface area contributed by atoms with Crippen LogP contribution in [-0.4, -0.2) is 24.8 Å². The highest BCUT2D eigenvalue weighted by Crippen LogP contribution is 2.36. The van der Waals surface area contributed by atoms with Crippen LogP contribution in [-0.2, 0) is 6.18 Å². The van der Waals surface area contributed by atoms with Gasteiger partial charge >= 0.3 is 12.4 Å². The summed E-state index contributed by atoms with van der Waals surface area (Å²) < 4.78 is 72.3. The number of aromatic nitrogens is 1. The third kappa shape index (κ3) is 4.41. The Morgan fingerprint density at radius 1 is 1.24 bits per heavy atom. The predicted molar refractivity (Wildman–Crippen MR) is 51.1 cm³/mol. The molecule has 0 radical (unpaired) electrons. The minimum Gasteiger partial charge on any atom is -0.351 e. The lowest BCUT2D eigenvalue weighted by molar-refractivity contribution is -0.134. The van der Waals surface area contributed by atoms with Crippen LogP contribution in [0.2, 0.25) is 0 Å². The Labute approximate surface area is 96.9 Å². The quantitative estimate of drug-likeness (QED) is 0.786. The smallest absolute Gasteiger partial charge is 0.351 e. The molecule has 98 valence electrons. The number of hydrogen-bond donors (Lipinski definition) is 0. The average molecular weight is 278 g/mol. The Morgan fingerprint density at radius 3 is 2.24 bits per heavy atom. The molecule has 0 saturated heterocycles. The summed E-state index contributed by atoms with van der Waals surface area (Å²) in [6, 6.07) is 0. The number of thiazole rings is 1. The second kappa shape index (κ2) is 4.71. The van der Waals surface area contributed by atoms with Crippen molar-refractivity contribution < 1.29 is 26.3 Å². The maximum Gasteiger partial charge on any atom is 0.427 e. The van der Waals surface area contributed by atoms with E-state index in [1.54, 1.807) is 0 Å². The van der Waals surface area contributed by atoms with E-state index in [1.807, 2.05) is 0 Å². The van der Waals surface area contributed by atoms with E-state index in [9.17, 15) is 26.3 Å². The summed E-state index contributed by atoms with van der Waals surface area (Å²) in [7, 11) is 1.27. The first-order valence-corrected chi connectivity index (χ1v) is 5.22. The lowest BCUT2D eigenvalue weighted by Gasteiger charge is -2.16. The molecule has 0 bridgehead atoms. The Balaban J connectivity index is 2.64. The fraction of sp³-hybridized carbons (Fsp3) is 0.625. The lowest BCUT2D eigenvalue weighted by Crippen LogP contribution is -2.23. The summed E-state index contributed by atoms with van der Waals surface area (Å²) >= 11 is 0.321. The fourth-order valence-corrected chi connectivity index (χ4v) is 1.73. The van der Waals surface area contributed by atoms with Crippen LogP contribution in [0.1, 0.15) is 11.3 Å². The zero-order valence-corrected chi connectivity index (χ0v) is 9.38. The highest BCUT2D eigenvalue weighted by molar-refractivity contribution is 7.15. The van der Waals surface area contributed by atoms with Gasteiger partial charge in [-0.3, -0.25) is 0 Å². The minimum atomic E-state index is -4.51. The molecule has 1 aromatic heterocycles. The molecule has 0 unspecified atom stereocenters. The molecule has 0 aliphatic carbocycles. The van der Waals surface area contributed by atoms with Crippen LogP contribution >= 0.6 is 11.3 Å². The Hall–Kier alpha value is -0.990. The molecule has 1 heterocycles. The van der Waals surface area contributed by atoms with Gasteiger partial charge in [-0.05, 0) is 0 Å². The summed E-state index contributed by atoms with van der Waals surface area (Å²) in [5.74, 6) is 0. The molecule has 1 aromatic rings. The predicted octanol–water partition coefficient (Wildman–Crippen LogP) is 3.55.